The molecule has 1 atom stereocenters. The molecule has 1 N–H and O–H groups in total. The first kappa shape index (κ1) is 13.9. The fourth-order valence-corrected chi connectivity index (χ4v) is 2.88. The van der Waals surface area contributed by atoms with Crippen molar-refractivity contribution in [1.29, 1.82) is 0 Å². The first-order valence-electron chi connectivity index (χ1n) is 6.76. The zero-order valence-electron chi connectivity index (χ0n) is 12.4. The quantitative estimate of drug-likeness (QED) is 0.819. The van der Waals surface area contributed by atoms with Crippen LogP contribution in [0.3, 0.4) is 0 Å². The molecular weight excluding hydrogens is 236 g/mol. The van der Waals surface area contributed by atoms with E-state index in [1.165, 1.54) is 0 Å². The van der Waals surface area contributed by atoms with E-state index in [1.807, 2.05) is 32.0 Å². The number of hydrogen-bond donors (Lipinski definition) is 1. The Labute approximate surface area is 115 Å². The number of rotatable bonds is 1. The molecule has 0 bridgehead atoms. The van der Waals surface area contributed by atoms with Gasteiger partial charge in [0.2, 0.25) is 0 Å². The lowest BCUT2D eigenvalue weighted by atomic mass is 9.77. The molecule has 1 aromatic rings. The number of hydrogen-bond acceptors (Lipinski definition) is 2. The molecule has 0 saturated heterocycles. The van der Waals surface area contributed by atoms with Crippen LogP contribution in [0.5, 0.6) is 0 Å². The van der Waals surface area contributed by atoms with Crippen molar-refractivity contribution in [1.82, 2.24) is 0 Å². The Bertz CT molecular complexity index is 539. The van der Waals surface area contributed by atoms with Crippen molar-refractivity contribution in [3.63, 3.8) is 0 Å². The molecule has 1 aliphatic rings. The summed E-state index contributed by atoms with van der Waals surface area (Å²) in [6, 6.07) is 5.95. The van der Waals surface area contributed by atoms with Gasteiger partial charge in [-0.1, -0.05) is 39.0 Å². The molecule has 0 aliphatic heterocycles. The fraction of sp³-hybridized carbons (Fsp3) is 0.471. The molecule has 0 amide bonds. The van der Waals surface area contributed by atoms with Crippen molar-refractivity contribution in [3.05, 3.63) is 40.6 Å². The predicted molar refractivity (Wildman–Crippen MR) is 78.0 cm³/mol. The molecule has 1 aromatic carbocycles. The zero-order chi connectivity index (χ0) is 14.4. The van der Waals surface area contributed by atoms with Crippen molar-refractivity contribution in [3.8, 4) is 0 Å². The summed E-state index contributed by atoms with van der Waals surface area (Å²) >= 11 is 0. The molecule has 0 heterocycles. The molecule has 0 spiro atoms. The molecule has 1 unspecified atom stereocenters. The van der Waals surface area contributed by atoms with Crippen LogP contribution < -0.4 is 0 Å². The van der Waals surface area contributed by atoms with Crippen molar-refractivity contribution >= 4 is 11.4 Å². The van der Waals surface area contributed by atoms with Gasteiger partial charge in [0.05, 0.1) is 5.57 Å². The molecular formula is C17H22O2. The summed E-state index contributed by atoms with van der Waals surface area (Å²) in [6.45, 7) is 10.1. The van der Waals surface area contributed by atoms with Crippen LogP contribution in [0.2, 0.25) is 0 Å². The second-order valence-electron chi connectivity index (χ2n) is 6.58. The van der Waals surface area contributed by atoms with Crippen LogP contribution in [0.4, 0.5) is 0 Å². The number of aliphatic hydroxyl groups excluding tert-OH is 1. The first-order valence-corrected chi connectivity index (χ1v) is 6.76. The Morgan fingerprint density at radius 2 is 1.68 bits per heavy atom. The van der Waals surface area contributed by atoms with Crippen LogP contribution in [-0.2, 0) is 4.79 Å². The summed E-state index contributed by atoms with van der Waals surface area (Å²) in [5.74, 6) is 0.214. The molecule has 2 rings (SSSR count). The largest absolute Gasteiger partial charge is 0.512 e. The van der Waals surface area contributed by atoms with E-state index in [0.717, 1.165) is 16.7 Å². The van der Waals surface area contributed by atoms with Gasteiger partial charge in [0.15, 0.2) is 5.78 Å². The van der Waals surface area contributed by atoms with E-state index in [-0.39, 0.29) is 22.9 Å². The van der Waals surface area contributed by atoms with Gasteiger partial charge in [0.1, 0.15) is 5.76 Å². The summed E-state index contributed by atoms with van der Waals surface area (Å²) < 4.78 is 0. The fourth-order valence-electron chi connectivity index (χ4n) is 2.88. The number of allylic oxidation sites excluding steroid dienone is 2. The van der Waals surface area contributed by atoms with Gasteiger partial charge in [0.25, 0.3) is 0 Å². The van der Waals surface area contributed by atoms with E-state index in [2.05, 4.69) is 20.8 Å². The summed E-state index contributed by atoms with van der Waals surface area (Å²) in [6.07, 6.45) is 0.464. The summed E-state index contributed by atoms with van der Waals surface area (Å²) in [5.41, 5.74) is 3.42. The number of benzene rings is 1. The van der Waals surface area contributed by atoms with Gasteiger partial charge in [0, 0.05) is 12.3 Å². The average molecular weight is 258 g/mol. The highest BCUT2D eigenvalue weighted by atomic mass is 16.3. The Morgan fingerprint density at radius 1 is 1.16 bits per heavy atom. The third kappa shape index (κ3) is 2.32. The minimum absolute atomic E-state index is 0.0856. The molecule has 2 nitrogen and oxygen atoms in total. The molecule has 0 fully saturated rings. The third-order valence-electron chi connectivity index (χ3n) is 4.03. The number of carbonyl (C=O) groups excluding carboxylic acids is 1. The molecule has 2 heteroatoms. The van der Waals surface area contributed by atoms with E-state index in [0.29, 0.717) is 12.0 Å². The number of Topliss-reactive ketones (excluding diaryl/α,β-unsaturated/α-hetero) is 1. The standard InChI is InChI=1S/C17H22O2/c1-10-7-6-8-11(2)14(10)15-13(18)9-12(16(15)19)17(3,4)5/h6-8,12,18H,9H2,1-5H3. The number of aliphatic hydroxyl groups is 1. The van der Waals surface area contributed by atoms with Gasteiger partial charge < -0.3 is 5.11 Å². The number of aryl methyl sites for hydroxylation is 2. The number of ketones is 1. The van der Waals surface area contributed by atoms with Crippen molar-refractivity contribution < 1.29 is 9.90 Å². The van der Waals surface area contributed by atoms with Crippen molar-refractivity contribution in [2.24, 2.45) is 11.3 Å². The lowest BCUT2D eigenvalue weighted by Crippen LogP contribution is -2.25. The van der Waals surface area contributed by atoms with E-state index < -0.39 is 0 Å². The molecule has 0 radical (unpaired) electrons. The van der Waals surface area contributed by atoms with E-state index in [4.69, 9.17) is 0 Å². The van der Waals surface area contributed by atoms with Gasteiger partial charge in [-0.15, -0.1) is 0 Å². The Hall–Kier alpha value is -1.57. The second-order valence-corrected chi connectivity index (χ2v) is 6.58. The highest BCUT2D eigenvalue weighted by Gasteiger charge is 2.41. The van der Waals surface area contributed by atoms with Gasteiger partial charge in [-0.2, -0.15) is 0 Å². The maximum atomic E-state index is 12.6. The first-order chi connectivity index (χ1) is 8.73. The molecule has 1 aliphatic carbocycles. The van der Waals surface area contributed by atoms with Gasteiger partial charge in [-0.3, -0.25) is 4.79 Å². The Balaban J connectivity index is 2.52. The minimum atomic E-state index is -0.124. The van der Waals surface area contributed by atoms with Crippen molar-refractivity contribution in [2.45, 2.75) is 41.0 Å². The highest BCUT2D eigenvalue weighted by Crippen LogP contribution is 2.43. The summed E-state index contributed by atoms with van der Waals surface area (Å²) in [5, 5.41) is 10.3. The highest BCUT2D eigenvalue weighted by molar-refractivity contribution is 6.25. The summed E-state index contributed by atoms with van der Waals surface area (Å²) in [4.78, 5) is 12.6. The van der Waals surface area contributed by atoms with E-state index in [9.17, 15) is 9.90 Å². The third-order valence-corrected chi connectivity index (χ3v) is 4.03. The average Bonchev–Trinajstić information content (AvgIpc) is 2.56. The Kier molecular flexibility index (Phi) is 3.29. The minimum Gasteiger partial charge on any atom is -0.512 e. The SMILES string of the molecule is Cc1cccc(C)c1C1=C(O)CC(C(C)(C)C)C1=O. The second kappa shape index (κ2) is 4.52. The number of carbonyl (C=O) groups is 1. The zero-order valence-corrected chi connectivity index (χ0v) is 12.4. The van der Waals surface area contributed by atoms with Crippen LogP contribution in [0.25, 0.3) is 5.57 Å². The van der Waals surface area contributed by atoms with Gasteiger partial charge in [-0.05, 0) is 36.0 Å². The maximum Gasteiger partial charge on any atom is 0.170 e. The molecule has 19 heavy (non-hydrogen) atoms. The molecule has 102 valence electrons. The van der Waals surface area contributed by atoms with Crippen LogP contribution in [0, 0.1) is 25.2 Å². The van der Waals surface area contributed by atoms with Crippen LogP contribution >= 0.6 is 0 Å². The maximum absolute atomic E-state index is 12.6. The predicted octanol–water partition coefficient (Wildman–Crippen LogP) is 4.21. The lowest BCUT2D eigenvalue weighted by Gasteiger charge is -2.25. The van der Waals surface area contributed by atoms with Crippen LogP contribution in [0.1, 0.15) is 43.9 Å². The summed E-state index contributed by atoms with van der Waals surface area (Å²) in [7, 11) is 0. The van der Waals surface area contributed by atoms with Crippen molar-refractivity contribution in [2.75, 3.05) is 0 Å². The van der Waals surface area contributed by atoms with E-state index >= 15 is 0 Å². The smallest absolute Gasteiger partial charge is 0.170 e. The topological polar surface area (TPSA) is 37.3 Å². The lowest BCUT2D eigenvalue weighted by molar-refractivity contribution is -0.119. The molecule has 0 saturated carbocycles. The van der Waals surface area contributed by atoms with E-state index in [1.54, 1.807) is 0 Å². The van der Waals surface area contributed by atoms with Gasteiger partial charge >= 0.3 is 0 Å². The van der Waals surface area contributed by atoms with Crippen LogP contribution in [0.15, 0.2) is 24.0 Å². The van der Waals surface area contributed by atoms with Crippen LogP contribution in [-0.4, -0.2) is 10.9 Å². The van der Waals surface area contributed by atoms with Gasteiger partial charge in [-0.25, -0.2) is 0 Å². The normalized spacial score (nSPS) is 20.3. The molecule has 0 aromatic heterocycles. The Morgan fingerprint density at radius 3 is 2.11 bits per heavy atom. The monoisotopic (exact) mass is 258 g/mol.